The molecule has 12 heavy (non-hydrogen) atoms. The van der Waals surface area contributed by atoms with Gasteiger partial charge in [0.2, 0.25) is 0 Å². The molecule has 0 amide bonds. The Kier molecular flexibility index (Phi) is 2.53. The van der Waals surface area contributed by atoms with Gasteiger partial charge in [0.1, 0.15) is 0 Å². The molecule has 0 aromatic carbocycles. The van der Waals surface area contributed by atoms with E-state index in [1.165, 1.54) is 25.3 Å². The maximum atomic E-state index is 5.59. The Morgan fingerprint density at radius 3 is 2.83 bits per heavy atom. The summed E-state index contributed by atoms with van der Waals surface area (Å²) in [6.07, 6.45) is 5.22. The molecule has 1 saturated heterocycles. The van der Waals surface area contributed by atoms with Gasteiger partial charge >= 0.3 is 0 Å². The summed E-state index contributed by atoms with van der Waals surface area (Å²) in [6, 6.07) is 1.28. The van der Waals surface area contributed by atoms with E-state index in [4.69, 9.17) is 9.16 Å². The molecule has 1 aliphatic heterocycles. The van der Waals surface area contributed by atoms with Crippen LogP contribution in [0.25, 0.3) is 0 Å². The molecule has 2 nitrogen and oxygen atoms in total. The number of ether oxygens (including phenoxy) is 1. The van der Waals surface area contributed by atoms with Crippen molar-refractivity contribution >= 4 is 9.04 Å². The summed E-state index contributed by atoms with van der Waals surface area (Å²) in [6.45, 7) is 2.26. The van der Waals surface area contributed by atoms with E-state index in [1.54, 1.807) is 0 Å². The predicted octanol–water partition coefficient (Wildman–Crippen LogP) is 1.70. The normalized spacial score (nSPS) is 42.0. The smallest absolute Gasteiger partial charge is 0.179 e. The van der Waals surface area contributed by atoms with E-state index >= 15 is 0 Å². The van der Waals surface area contributed by atoms with Crippen molar-refractivity contribution < 1.29 is 9.16 Å². The second-order valence-corrected chi connectivity index (χ2v) is 7.28. The Balaban J connectivity index is 1.85. The molecule has 1 aliphatic carbocycles. The zero-order chi connectivity index (χ0) is 8.55. The Hall–Kier alpha value is 0.137. The number of hydrogen-bond donors (Lipinski definition) is 0. The van der Waals surface area contributed by atoms with Crippen LogP contribution in [0, 0.1) is 0 Å². The van der Waals surface area contributed by atoms with Gasteiger partial charge in [-0.05, 0) is 30.8 Å². The van der Waals surface area contributed by atoms with Crippen LogP contribution in [0.1, 0.15) is 26.2 Å². The third-order valence-electron chi connectivity index (χ3n) is 3.28. The molecular formula is C9H18O2Si. The summed E-state index contributed by atoms with van der Waals surface area (Å²) in [4.78, 5) is 0. The van der Waals surface area contributed by atoms with Gasteiger partial charge in [0.05, 0.1) is 12.2 Å². The SMILES string of the molecule is CC[SiH](OC)C1CCC2OC2C1. The first-order chi connectivity index (χ1) is 5.85. The van der Waals surface area contributed by atoms with Crippen LogP contribution in [0.4, 0.5) is 0 Å². The summed E-state index contributed by atoms with van der Waals surface area (Å²) in [5, 5.41) is 0. The third-order valence-corrected chi connectivity index (χ3v) is 6.34. The van der Waals surface area contributed by atoms with E-state index in [0.717, 1.165) is 5.54 Å². The monoisotopic (exact) mass is 186 g/mol. The van der Waals surface area contributed by atoms with Gasteiger partial charge in [0.15, 0.2) is 9.04 Å². The molecule has 0 bridgehead atoms. The molecule has 70 valence electrons. The first-order valence-corrected chi connectivity index (χ1v) is 6.98. The lowest BCUT2D eigenvalue weighted by molar-refractivity contribution is 0.368. The van der Waals surface area contributed by atoms with Crippen molar-refractivity contribution in [3.05, 3.63) is 0 Å². The molecule has 0 radical (unpaired) electrons. The fourth-order valence-corrected chi connectivity index (χ4v) is 4.99. The van der Waals surface area contributed by atoms with Crippen LogP contribution in [-0.2, 0) is 9.16 Å². The highest BCUT2D eigenvalue weighted by atomic mass is 28.3. The van der Waals surface area contributed by atoms with Crippen molar-refractivity contribution in [3.8, 4) is 0 Å². The second kappa shape index (κ2) is 3.48. The minimum atomic E-state index is -0.865. The van der Waals surface area contributed by atoms with Crippen LogP contribution in [0.15, 0.2) is 0 Å². The average molecular weight is 186 g/mol. The topological polar surface area (TPSA) is 21.8 Å². The Morgan fingerprint density at radius 2 is 2.25 bits per heavy atom. The highest BCUT2D eigenvalue weighted by Crippen LogP contribution is 2.43. The number of rotatable bonds is 3. The van der Waals surface area contributed by atoms with Crippen molar-refractivity contribution in [1.29, 1.82) is 0 Å². The van der Waals surface area contributed by atoms with E-state index < -0.39 is 9.04 Å². The van der Waals surface area contributed by atoms with Gasteiger partial charge in [-0.15, -0.1) is 0 Å². The molecule has 3 heteroatoms. The minimum Gasteiger partial charge on any atom is -0.423 e. The molecule has 4 atom stereocenters. The maximum absolute atomic E-state index is 5.59. The molecule has 2 aliphatic rings. The van der Waals surface area contributed by atoms with E-state index in [0.29, 0.717) is 12.2 Å². The number of fused-ring (bicyclic) bond motifs is 1. The summed E-state index contributed by atoms with van der Waals surface area (Å²) in [7, 11) is 1.02. The highest BCUT2D eigenvalue weighted by Gasteiger charge is 2.45. The second-order valence-electron chi connectivity index (χ2n) is 3.97. The molecular weight excluding hydrogens is 168 g/mol. The van der Waals surface area contributed by atoms with Gasteiger partial charge < -0.3 is 9.16 Å². The lowest BCUT2D eigenvalue weighted by atomic mass is 10.0. The molecule has 0 aromatic heterocycles. The van der Waals surface area contributed by atoms with E-state index in [1.807, 2.05) is 7.11 Å². The lowest BCUT2D eigenvalue weighted by Crippen LogP contribution is -2.26. The Morgan fingerprint density at radius 1 is 1.42 bits per heavy atom. The third kappa shape index (κ3) is 1.58. The Labute approximate surface area is 76.0 Å². The molecule has 4 unspecified atom stereocenters. The molecule has 1 heterocycles. The molecule has 2 fully saturated rings. The summed E-state index contributed by atoms with van der Waals surface area (Å²) >= 11 is 0. The largest absolute Gasteiger partial charge is 0.423 e. The minimum absolute atomic E-state index is 0.625. The van der Waals surface area contributed by atoms with Crippen LogP contribution in [0.2, 0.25) is 11.6 Å². The van der Waals surface area contributed by atoms with Crippen LogP contribution >= 0.6 is 0 Å². The van der Waals surface area contributed by atoms with E-state index in [2.05, 4.69) is 6.92 Å². The van der Waals surface area contributed by atoms with Crippen molar-refractivity contribution in [2.45, 2.75) is 50.0 Å². The van der Waals surface area contributed by atoms with Crippen molar-refractivity contribution in [3.63, 3.8) is 0 Å². The quantitative estimate of drug-likeness (QED) is 0.494. The van der Waals surface area contributed by atoms with Gasteiger partial charge in [0.25, 0.3) is 0 Å². The van der Waals surface area contributed by atoms with Gasteiger partial charge in [-0.25, -0.2) is 0 Å². The van der Waals surface area contributed by atoms with Gasteiger partial charge in [-0.2, -0.15) is 0 Å². The van der Waals surface area contributed by atoms with E-state index in [-0.39, 0.29) is 0 Å². The fraction of sp³-hybridized carbons (Fsp3) is 1.00. The van der Waals surface area contributed by atoms with Crippen LogP contribution < -0.4 is 0 Å². The maximum Gasteiger partial charge on any atom is 0.179 e. The molecule has 2 rings (SSSR count). The Bertz CT molecular complexity index is 159. The predicted molar refractivity (Wildman–Crippen MR) is 50.9 cm³/mol. The zero-order valence-corrected chi connectivity index (χ0v) is 9.11. The average Bonchev–Trinajstić information content (AvgIpc) is 2.84. The van der Waals surface area contributed by atoms with Crippen LogP contribution in [0.3, 0.4) is 0 Å². The van der Waals surface area contributed by atoms with Crippen molar-refractivity contribution in [2.24, 2.45) is 0 Å². The van der Waals surface area contributed by atoms with Crippen molar-refractivity contribution in [2.75, 3.05) is 7.11 Å². The molecule has 0 aromatic rings. The number of hydrogen-bond acceptors (Lipinski definition) is 2. The summed E-state index contributed by atoms with van der Waals surface area (Å²) in [5.41, 5.74) is 0.892. The van der Waals surface area contributed by atoms with Crippen LogP contribution in [-0.4, -0.2) is 28.4 Å². The van der Waals surface area contributed by atoms with Crippen LogP contribution in [0.5, 0.6) is 0 Å². The van der Waals surface area contributed by atoms with Gasteiger partial charge in [-0.3, -0.25) is 0 Å². The first-order valence-electron chi connectivity index (χ1n) is 5.03. The lowest BCUT2D eigenvalue weighted by Gasteiger charge is -2.24. The standard InChI is InChI=1S/C9H18O2Si/c1-3-12(10-2)7-4-5-8-9(6-7)11-8/h7-9,12H,3-6H2,1-2H3. The van der Waals surface area contributed by atoms with Gasteiger partial charge in [0, 0.05) is 7.11 Å². The van der Waals surface area contributed by atoms with E-state index in [9.17, 15) is 0 Å². The highest BCUT2D eigenvalue weighted by molar-refractivity contribution is 6.53. The molecule has 1 saturated carbocycles. The summed E-state index contributed by atoms with van der Waals surface area (Å²) in [5.74, 6) is 0. The fourth-order valence-electron chi connectivity index (χ4n) is 2.47. The van der Waals surface area contributed by atoms with Gasteiger partial charge in [-0.1, -0.05) is 6.92 Å². The summed E-state index contributed by atoms with van der Waals surface area (Å²) < 4.78 is 11.1. The molecule has 0 spiro atoms. The molecule has 0 N–H and O–H groups in total. The zero-order valence-electron chi connectivity index (χ0n) is 7.95. The van der Waals surface area contributed by atoms with Crippen molar-refractivity contribution in [1.82, 2.24) is 0 Å². The first kappa shape index (κ1) is 8.72. The number of epoxide rings is 1.